The number of rotatable bonds is 13. The van der Waals surface area contributed by atoms with Gasteiger partial charge in [0.25, 0.3) is 11.8 Å². The number of carbonyl (C=O) groups excluding carboxylic acids is 2. The van der Waals surface area contributed by atoms with Gasteiger partial charge in [0.15, 0.2) is 17.3 Å². The fraction of sp³-hybridized carbons (Fsp3) is 0.243. The van der Waals surface area contributed by atoms with Crippen LogP contribution in [-0.2, 0) is 13.5 Å². The van der Waals surface area contributed by atoms with E-state index in [1.54, 1.807) is 24.0 Å². The van der Waals surface area contributed by atoms with E-state index < -0.39 is 0 Å². The first-order valence-electron chi connectivity index (χ1n) is 16.1. The van der Waals surface area contributed by atoms with Crippen LogP contribution in [0.3, 0.4) is 0 Å². The quantitative estimate of drug-likeness (QED) is 0.102. The molecule has 252 valence electrons. The standard InChI is InChI=1S/C37H40N8O4/c1-22-28(44-35(41-22)30-19-32(33(43-30)36(46)38-4)49-24(3)26-14-10-7-11-15-26)16-17-39-37(47)34-31(48-23(2)25-12-8-6-9-13-25)18-29(42-34)27-20-40-45(5)21-27/h6-15,18-21,23-24,42-43H,16-17H2,1-5H3,(H,38,46)(H,39,47)(H,41,44). The van der Waals surface area contributed by atoms with E-state index in [0.717, 1.165) is 33.8 Å². The molecule has 12 nitrogen and oxygen atoms in total. The minimum absolute atomic E-state index is 0.278. The van der Waals surface area contributed by atoms with Crippen LogP contribution in [0.1, 0.15) is 69.5 Å². The van der Waals surface area contributed by atoms with Crippen LogP contribution in [0.2, 0.25) is 0 Å². The van der Waals surface area contributed by atoms with E-state index in [1.165, 1.54) is 0 Å². The summed E-state index contributed by atoms with van der Waals surface area (Å²) < 4.78 is 14.2. The number of hydrogen-bond acceptors (Lipinski definition) is 6. The van der Waals surface area contributed by atoms with Gasteiger partial charge in [0.1, 0.15) is 23.6 Å². The Bertz CT molecular complexity index is 2040. The monoisotopic (exact) mass is 660 g/mol. The smallest absolute Gasteiger partial charge is 0.271 e. The number of aromatic amines is 3. The number of aromatic nitrogens is 6. The van der Waals surface area contributed by atoms with Gasteiger partial charge in [0.2, 0.25) is 0 Å². The first-order valence-corrected chi connectivity index (χ1v) is 16.1. The lowest BCUT2D eigenvalue weighted by molar-refractivity contribution is 0.0937. The van der Waals surface area contributed by atoms with Gasteiger partial charge in [0.05, 0.1) is 23.3 Å². The SMILES string of the molecule is CNC(=O)c1[nH]c(-c2nc(CCNC(=O)c3[nH]c(-c4cnn(C)c4)cc3OC(C)c3ccccc3)c(C)[nH]2)cc1OC(C)c1ccccc1. The number of amides is 2. The highest BCUT2D eigenvalue weighted by molar-refractivity contribution is 5.97. The van der Waals surface area contributed by atoms with Gasteiger partial charge in [0, 0.05) is 56.6 Å². The Hall–Kier alpha value is -6.04. The minimum atomic E-state index is -0.301. The van der Waals surface area contributed by atoms with Crippen molar-refractivity contribution < 1.29 is 19.1 Å². The molecule has 6 rings (SSSR count). The van der Waals surface area contributed by atoms with Gasteiger partial charge in [-0.25, -0.2) is 4.98 Å². The van der Waals surface area contributed by atoms with Crippen LogP contribution in [0.15, 0.2) is 85.2 Å². The van der Waals surface area contributed by atoms with Crippen molar-refractivity contribution in [2.24, 2.45) is 7.05 Å². The van der Waals surface area contributed by atoms with Crippen LogP contribution in [0.25, 0.3) is 22.8 Å². The molecule has 2 unspecified atom stereocenters. The van der Waals surface area contributed by atoms with Gasteiger partial charge in [-0.15, -0.1) is 0 Å². The first-order chi connectivity index (χ1) is 23.7. The summed E-state index contributed by atoms with van der Waals surface area (Å²) in [6, 6.07) is 23.3. The van der Waals surface area contributed by atoms with Gasteiger partial charge >= 0.3 is 0 Å². The molecule has 0 bridgehead atoms. The summed E-state index contributed by atoms with van der Waals surface area (Å²) in [5.41, 5.74) is 6.42. The molecule has 2 aromatic carbocycles. The zero-order valence-electron chi connectivity index (χ0n) is 28.1. The maximum atomic E-state index is 13.5. The number of benzene rings is 2. The molecule has 0 fully saturated rings. The Kier molecular flexibility index (Phi) is 9.65. The van der Waals surface area contributed by atoms with E-state index in [0.29, 0.717) is 47.4 Å². The Morgan fingerprint density at radius 2 is 1.41 bits per heavy atom. The lowest BCUT2D eigenvalue weighted by atomic mass is 10.1. The van der Waals surface area contributed by atoms with Gasteiger partial charge in [-0.2, -0.15) is 5.10 Å². The van der Waals surface area contributed by atoms with Crippen molar-refractivity contribution in [1.82, 2.24) is 40.3 Å². The van der Waals surface area contributed by atoms with Crippen LogP contribution in [-0.4, -0.2) is 55.1 Å². The van der Waals surface area contributed by atoms with Crippen LogP contribution in [0.4, 0.5) is 0 Å². The molecule has 12 heteroatoms. The third kappa shape index (κ3) is 7.43. The summed E-state index contributed by atoms with van der Waals surface area (Å²) in [6.45, 7) is 6.14. The molecule has 2 atom stereocenters. The second-order valence-electron chi connectivity index (χ2n) is 11.8. The predicted molar refractivity (Wildman–Crippen MR) is 187 cm³/mol. The maximum Gasteiger partial charge on any atom is 0.271 e. The summed E-state index contributed by atoms with van der Waals surface area (Å²) in [4.78, 5) is 40.8. The van der Waals surface area contributed by atoms with E-state index in [2.05, 4.69) is 30.7 Å². The van der Waals surface area contributed by atoms with Crippen molar-refractivity contribution in [1.29, 1.82) is 0 Å². The average molecular weight is 661 g/mol. The molecule has 5 N–H and O–H groups in total. The molecule has 0 saturated carbocycles. The lowest BCUT2D eigenvalue weighted by Crippen LogP contribution is -2.27. The highest BCUT2D eigenvalue weighted by Crippen LogP contribution is 2.32. The summed E-state index contributed by atoms with van der Waals surface area (Å²) in [5, 5.41) is 9.94. The molecule has 0 aliphatic heterocycles. The first kappa shape index (κ1) is 32.9. The van der Waals surface area contributed by atoms with Gasteiger partial charge in [-0.3, -0.25) is 14.3 Å². The molecular formula is C37H40N8O4. The normalized spacial score (nSPS) is 12.3. The number of imidazole rings is 1. The van der Waals surface area contributed by atoms with Crippen molar-refractivity contribution in [3.8, 4) is 34.3 Å². The molecule has 2 amide bonds. The van der Waals surface area contributed by atoms with Crippen LogP contribution < -0.4 is 20.1 Å². The van der Waals surface area contributed by atoms with E-state index in [4.69, 9.17) is 14.5 Å². The van der Waals surface area contributed by atoms with E-state index >= 15 is 0 Å². The Balaban J connectivity index is 1.16. The van der Waals surface area contributed by atoms with Crippen molar-refractivity contribution in [2.75, 3.05) is 13.6 Å². The third-order valence-corrected chi connectivity index (χ3v) is 8.29. The molecule has 0 aliphatic carbocycles. The summed E-state index contributed by atoms with van der Waals surface area (Å²) in [7, 11) is 3.41. The average Bonchev–Trinajstić information content (AvgIpc) is 3.92. The number of carbonyl (C=O) groups is 2. The summed E-state index contributed by atoms with van der Waals surface area (Å²) in [6.07, 6.45) is 3.52. The molecule has 0 spiro atoms. The zero-order chi connectivity index (χ0) is 34.5. The number of H-pyrrole nitrogens is 3. The van der Waals surface area contributed by atoms with Crippen molar-refractivity contribution in [3.05, 3.63) is 119 Å². The fourth-order valence-corrected chi connectivity index (χ4v) is 5.58. The van der Waals surface area contributed by atoms with Gasteiger partial charge < -0.3 is 35.1 Å². The van der Waals surface area contributed by atoms with E-state index in [1.807, 2.05) is 101 Å². The van der Waals surface area contributed by atoms with Crippen LogP contribution in [0.5, 0.6) is 11.5 Å². The number of aryl methyl sites for hydroxylation is 2. The Labute approximate surface area is 284 Å². The van der Waals surface area contributed by atoms with Crippen molar-refractivity contribution >= 4 is 11.8 Å². The van der Waals surface area contributed by atoms with Gasteiger partial charge in [-0.05, 0) is 31.9 Å². The molecule has 0 saturated heterocycles. The second-order valence-corrected chi connectivity index (χ2v) is 11.8. The zero-order valence-corrected chi connectivity index (χ0v) is 28.1. The molecule has 6 aromatic rings. The minimum Gasteiger partial charge on any atom is -0.484 e. The number of nitrogens with zero attached hydrogens (tertiary/aromatic N) is 3. The fourth-order valence-electron chi connectivity index (χ4n) is 5.58. The molecule has 4 aromatic heterocycles. The Morgan fingerprint density at radius 3 is 1.98 bits per heavy atom. The topological polar surface area (TPSA) is 155 Å². The van der Waals surface area contributed by atoms with E-state index in [-0.39, 0.29) is 24.0 Å². The molecular weight excluding hydrogens is 620 g/mol. The highest BCUT2D eigenvalue weighted by atomic mass is 16.5. The maximum absolute atomic E-state index is 13.5. The summed E-state index contributed by atoms with van der Waals surface area (Å²) >= 11 is 0. The molecule has 0 radical (unpaired) electrons. The highest BCUT2D eigenvalue weighted by Gasteiger charge is 2.23. The Morgan fingerprint density at radius 1 is 0.837 bits per heavy atom. The van der Waals surface area contributed by atoms with Gasteiger partial charge in [-0.1, -0.05) is 60.7 Å². The number of nitrogens with one attached hydrogen (secondary N) is 5. The van der Waals surface area contributed by atoms with Crippen molar-refractivity contribution in [3.63, 3.8) is 0 Å². The van der Waals surface area contributed by atoms with Crippen LogP contribution in [0, 0.1) is 6.92 Å². The molecule has 49 heavy (non-hydrogen) atoms. The van der Waals surface area contributed by atoms with E-state index in [9.17, 15) is 9.59 Å². The molecule has 4 heterocycles. The molecule has 0 aliphatic rings. The second kappa shape index (κ2) is 14.4. The van der Waals surface area contributed by atoms with Crippen LogP contribution >= 0.6 is 0 Å². The van der Waals surface area contributed by atoms with Crippen molar-refractivity contribution in [2.45, 2.75) is 39.4 Å². The predicted octanol–water partition coefficient (Wildman–Crippen LogP) is 6.05. The lowest BCUT2D eigenvalue weighted by Gasteiger charge is -2.15. The number of hydrogen-bond donors (Lipinski definition) is 5. The largest absolute Gasteiger partial charge is 0.484 e. The third-order valence-electron chi connectivity index (χ3n) is 8.29. The summed E-state index contributed by atoms with van der Waals surface area (Å²) in [5.74, 6) is 0.828. The number of ether oxygens (including phenoxy) is 2.